The highest BCUT2D eigenvalue weighted by Crippen LogP contribution is 2.38. The Morgan fingerprint density at radius 1 is 1.33 bits per heavy atom. The van der Waals surface area contributed by atoms with Crippen LogP contribution in [0.15, 0.2) is 0 Å². The minimum absolute atomic E-state index is 0.115. The Bertz CT molecular complexity index is 635. The molecule has 0 atom stereocenters. The predicted octanol–water partition coefficient (Wildman–Crippen LogP) is 2.23. The van der Waals surface area contributed by atoms with Gasteiger partial charge < -0.3 is 5.11 Å². The van der Waals surface area contributed by atoms with Gasteiger partial charge in [-0.05, 0) is 37.2 Å². The number of thiophene rings is 1. The van der Waals surface area contributed by atoms with Gasteiger partial charge >= 0.3 is 5.97 Å². The monoisotopic (exact) mass is 332 g/mol. The van der Waals surface area contributed by atoms with E-state index in [0.29, 0.717) is 13.0 Å². The van der Waals surface area contributed by atoms with Crippen LogP contribution in [-0.2, 0) is 23.1 Å². The van der Waals surface area contributed by atoms with Crippen LogP contribution in [0.3, 0.4) is 0 Å². The molecule has 0 saturated heterocycles. The number of carboxylic acids is 1. The summed E-state index contributed by atoms with van der Waals surface area (Å²) in [4.78, 5) is 12.4. The fraction of sp³-hybridized carbons (Fsp3) is 0.615. The zero-order valence-corrected chi connectivity index (χ0v) is 13.7. The summed E-state index contributed by atoms with van der Waals surface area (Å²) in [6, 6.07) is 0. The zero-order valence-electron chi connectivity index (χ0n) is 12.1. The number of hydrogen-bond acceptors (Lipinski definition) is 4. The highest BCUT2D eigenvalue weighted by atomic mass is 32.2. The molecule has 1 aromatic rings. The van der Waals surface area contributed by atoms with E-state index in [1.165, 1.54) is 11.3 Å². The minimum atomic E-state index is -3.74. The first-order chi connectivity index (χ1) is 9.80. The number of nitrogens with one attached hydrogen (secondary N) is 2. The van der Waals surface area contributed by atoms with Crippen molar-refractivity contribution in [3.63, 3.8) is 0 Å². The van der Waals surface area contributed by atoms with Gasteiger partial charge in [-0.1, -0.05) is 13.8 Å². The lowest BCUT2D eigenvalue weighted by atomic mass is 9.96. The summed E-state index contributed by atoms with van der Waals surface area (Å²) >= 11 is 1.24. The SMILES string of the molecule is CC(C)CNS(=O)(=O)Nc1sc2c(c1C(=O)O)CCCC2. The van der Waals surface area contributed by atoms with Gasteiger partial charge in [-0.2, -0.15) is 13.1 Å². The fourth-order valence-electron chi connectivity index (χ4n) is 2.30. The number of carboxylic acid groups (broad SMARTS) is 1. The molecule has 0 aliphatic heterocycles. The Hall–Kier alpha value is -1.12. The summed E-state index contributed by atoms with van der Waals surface area (Å²) in [7, 11) is -3.74. The second-order valence-electron chi connectivity index (χ2n) is 5.57. The highest BCUT2D eigenvalue weighted by molar-refractivity contribution is 7.91. The molecule has 0 unspecified atom stereocenters. The Balaban J connectivity index is 2.27. The topological polar surface area (TPSA) is 95.5 Å². The molecule has 21 heavy (non-hydrogen) atoms. The molecule has 1 aliphatic rings. The van der Waals surface area contributed by atoms with Crippen LogP contribution in [-0.4, -0.2) is 26.0 Å². The molecule has 0 radical (unpaired) electrons. The van der Waals surface area contributed by atoms with Gasteiger partial charge in [-0.15, -0.1) is 11.3 Å². The predicted molar refractivity (Wildman–Crippen MR) is 83.3 cm³/mol. The maximum Gasteiger partial charge on any atom is 0.339 e. The molecule has 118 valence electrons. The van der Waals surface area contributed by atoms with E-state index >= 15 is 0 Å². The lowest BCUT2D eigenvalue weighted by molar-refractivity contribution is 0.0697. The normalized spacial score (nSPS) is 15.0. The van der Waals surface area contributed by atoms with E-state index in [9.17, 15) is 18.3 Å². The third-order valence-electron chi connectivity index (χ3n) is 3.29. The number of anilines is 1. The van der Waals surface area contributed by atoms with Crippen molar-refractivity contribution in [1.82, 2.24) is 4.72 Å². The van der Waals surface area contributed by atoms with Gasteiger partial charge in [0.15, 0.2) is 0 Å². The molecule has 6 nitrogen and oxygen atoms in total. The van der Waals surface area contributed by atoms with Crippen molar-refractivity contribution in [2.75, 3.05) is 11.3 Å². The first-order valence-electron chi connectivity index (χ1n) is 6.95. The van der Waals surface area contributed by atoms with Gasteiger partial charge in [0.25, 0.3) is 10.2 Å². The Kier molecular flexibility index (Phi) is 4.90. The highest BCUT2D eigenvalue weighted by Gasteiger charge is 2.27. The van der Waals surface area contributed by atoms with Crippen molar-refractivity contribution < 1.29 is 18.3 Å². The zero-order chi connectivity index (χ0) is 15.6. The fourth-order valence-corrected chi connectivity index (χ4v) is 4.90. The summed E-state index contributed by atoms with van der Waals surface area (Å²) in [6.45, 7) is 4.10. The van der Waals surface area contributed by atoms with Crippen LogP contribution in [0.2, 0.25) is 0 Å². The molecule has 0 aromatic carbocycles. The van der Waals surface area contributed by atoms with Gasteiger partial charge in [0.1, 0.15) is 5.00 Å². The van der Waals surface area contributed by atoms with Crippen molar-refractivity contribution in [3.05, 3.63) is 16.0 Å². The van der Waals surface area contributed by atoms with E-state index in [-0.39, 0.29) is 16.5 Å². The van der Waals surface area contributed by atoms with E-state index in [4.69, 9.17) is 0 Å². The van der Waals surface area contributed by atoms with E-state index in [0.717, 1.165) is 29.7 Å². The second kappa shape index (κ2) is 6.33. The van der Waals surface area contributed by atoms with Crippen LogP contribution in [0.4, 0.5) is 5.00 Å². The van der Waals surface area contributed by atoms with Crippen LogP contribution in [0.1, 0.15) is 47.5 Å². The summed E-state index contributed by atoms with van der Waals surface area (Å²) in [5.74, 6) is -0.895. The maximum atomic E-state index is 12.0. The Morgan fingerprint density at radius 3 is 2.62 bits per heavy atom. The summed E-state index contributed by atoms with van der Waals surface area (Å²) in [6.07, 6.45) is 3.49. The third kappa shape index (κ3) is 3.96. The molecular weight excluding hydrogens is 312 g/mol. The molecule has 0 spiro atoms. The largest absolute Gasteiger partial charge is 0.478 e. The molecule has 0 fully saturated rings. The van der Waals surface area contributed by atoms with E-state index < -0.39 is 16.2 Å². The van der Waals surface area contributed by atoms with Crippen molar-refractivity contribution in [2.45, 2.75) is 39.5 Å². The molecule has 0 amide bonds. The first-order valence-corrected chi connectivity index (χ1v) is 9.25. The lowest BCUT2D eigenvalue weighted by Gasteiger charge is -2.11. The molecule has 3 N–H and O–H groups in total. The third-order valence-corrected chi connectivity index (χ3v) is 5.65. The summed E-state index contributed by atoms with van der Waals surface area (Å²) in [5.41, 5.74) is 0.907. The number of fused-ring (bicyclic) bond motifs is 1. The molecule has 2 rings (SSSR count). The number of aromatic carboxylic acids is 1. The summed E-state index contributed by atoms with van der Waals surface area (Å²) < 4.78 is 28.8. The quantitative estimate of drug-likeness (QED) is 0.744. The van der Waals surface area contributed by atoms with Crippen molar-refractivity contribution in [2.24, 2.45) is 5.92 Å². The van der Waals surface area contributed by atoms with Crippen LogP contribution in [0.5, 0.6) is 0 Å². The van der Waals surface area contributed by atoms with Gasteiger partial charge in [0.05, 0.1) is 5.56 Å². The van der Waals surface area contributed by atoms with E-state index in [1.807, 2.05) is 13.8 Å². The van der Waals surface area contributed by atoms with E-state index in [2.05, 4.69) is 9.44 Å². The molecular formula is C13H20N2O4S2. The molecule has 0 saturated carbocycles. The van der Waals surface area contributed by atoms with Crippen molar-refractivity contribution >= 4 is 32.5 Å². The van der Waals surface area contributed by atoms with Crippen molar-refractivity contribution in [1.29, 1.82) is 0 Å². The van der Waals surface area contributed by atoms with Crippen molar-refractivity contribution in [3.8, 4) is 0 Å². The standard InChI is InChI=1S/C13H20N2O4S2/c1-8(2)7-14-21(18,19)15-12-11(13(16)17)9-5-3-4-6-10(9)20-12/h8,14-15H,3-7H2,1-2H3,(H,16,17). The van der Waals surface area contributed by atoms with Gasteiger partial charge in [-0.25, -0.2) is 4.79 Å². The van der Waals surface area contributed by atoms with Gasteiger partial charge in [0.2, 0.25) is 0 Å². The minimum Gasteiger partial charge on any atom is -0.478 e. The average Bonchev–Trinajstić information content (AvgIpc) is 2.73. The molecule has 1 heterocycles. The van der Waals surface area contributed by atoms with E-state index in [1.54, 1.807) is 0 Å². The van der Waals surface area contributed by atoms with Crippen LogP contribution < -0.4 is 9.44 Å². The molecule has 1 aromatic heterocycles. The van der Waals surface area contributed by atoms with Crippen LogP contribution >= 0.6 is 11.3 Å². The molecule has 0 bridgehead atoms. The number of carbonyl (C=O) groups is 1. The number of rotatable bonds is 6. The lowest BCUT2D eigenvalue weighted by Crippen LogP contribution is -2.33. The average molecular weight is 332 g/mol. The number of hydrogen-bond donors (Lipinski definition) is 3. The summed E-state index contributed by atoms with van der Waals surface area (Å²) in [5, 5.41) is 9.59. The van der Waals surface area contributed by atoms with Gasteiger partial charge in [-0.3, -0.25) is 4.72 Å². The molecule has 8 heteroatoms. The van der Waals surface area contributed by atoms with Crippen LogP contribution in [0, 0.1) is 5.92 Å². The van der Waals surface area contributed by atoms with Gasteiger partial charge in [0, 0.05) is 11.4 Å². The molecule has 1 aliphatic carbocycles. The Morgan fingerprint density at radius 2 is 2.00 bits per heavy atom. The Labute approximate surface area is 128 Å². The van der Waals surface area contributed by atoms with Crippen LogP contribution in [0.25, 0.3) is 0 Å². The number of aryl methyl sites for hydroxylation is 1. The maximum absolute atomic E-state index is 12.0. The smallest absolute Gasteiger partial charge is 0.339 e. The first kappa shape index (κ1) is 16.3. The second-order valence-corrected chi connectivity index (χ2v) is 8.17.